The van der Waals surface area contributed by atoms with E-state index in [-0.39, 0.29) is 0 Å². The summed E-state index contributed by atoms with van der Waals surface area (Å²) in [5.41, 5.74) is 3.47. The van der Waals surface area contributed by atoms with Crippen LogP contribution in [0.4, 0.5) is 0 Å². The van der Waals surface area contributed by atoms with Gasteiger partial charge >= 0.3 is 0 Å². The highest BCUT2D eigenvalue weighted by atomic mass is 35.5. The van der Waals surface area contributed by atoms with Crippen LogP contribution in [0.25, 0.3) is 17.0 Å². The summed E-state index contributed by atoms with van der Waals surface area (Å²) in [5, 5.41) is 5.22. The largest absolute Gasteiger partial charge is 0.311 e. The van der Waals surface area contributed by atoms with Gasteiger partial charge in [0.1, 0.15) is 0 Å². The van der Waals surface area contributed by atoms with E-state index in [4.69, 9.17) is 11.6 Å². The number of benzene rings is 1. The fourth-order valence-electron chi connectivity index (χ4n) is 2.11. The first-order valence-corrected chi connectivity index (χ1v) is 7.45. The van der Waals surface area contributed by atoms with Crippen molar-refractivity contribution in [3.8, 4) is 0 Å². The summed E-state index contributed by atoms with van der Waals surface area (Å²) in [5.74, 6) is 0. The zero-order valence-electron chi connectivity index (χ0n) is 12.3. The average Bonchev–Trinajstić information content (AvgIpc) is 2.46. The topological polar surface area (TPSA) is 24.9 Å². The molecule has 0 unspecified atom stereocenters. The monoisotopic (exact) mass is 288 g/mol. The summed E-state index contributed by atoms with van der Waals surface area (Å²) in [6, 6.07) is 8.41. The highest BCUT2D eigenvalue weighted by Gasteiger charge is 2.05. The molecule has 0 aliphatic rings. The zero-order valence-corrected chi connectivity index (χ0v) is 13.0. The van der Waals surface area contributed by atoms with Crippen molar-refractivity contribution in [2.45, 2.75) is 33.2 Å². The minimum absolute atomic E-state index is 0.491. The Hall–Kier alpha value is -1.38. The van der Waals surface area contributed by atoms with Crippen molar-refractivity contribution in [2.24, 2.45) is 0 Å². The van der Waals surface area contributed by atoms with Gasteiger partial charge in [-0.2, -0.15) is 0 Å². The van der Waals surface area contributed by atoms with Gasteiger partial charge in [0.2, 0.25) is 0 Å². The average molecular weight is 289 g/mol. The first kappa shape index (κ1) is 15.0. The summed E-state index contributed by atoms with van der Waals surface area (Å²) in [6.07, 6.45) is 5.06. The van der Waals surface area contributed by atoms with Gasteiger partial charge in [0.25, 0.3) is 0 Å². The molecule has 2 aromatic rings. The SMILES string of the molecule is CC/C(=C/c1ccc(Cl)c2cccnc12)CNC(C)C. The minimum atomic E-state index is 0.491. The third-order valence-corrected chi connectivity index (χ3v) is 3.63. The molecule has 0 bridgehead atoms. The van der Waals surface area contributed by atoms with E-state index < -0.39 is 0 Å². The Morgan fingerprint density at radius 1 is 1.35 bits per heavy atom. The summed E-state index contributed by atoms with van der Waals surface area (Å²) < 4.78 is 0. The van der Waals surface area contributed by atoms with Crippen LogP contribution in [0.1, 0.15) is 32.8 Å². The minimum Gasteiger partial charge on any atom is -0.311 e. The molecule has 3 heteroatoms. The van der Waals surface area contributed by atoms with Crippen LogP contribution in [0.15, 0.2) is 36.0 Å². The van der Waals surface area contributed by atoms with Crippen molar-refractivity contribution >= 4 is 28.6 Å². The lowest BCUT2D eigenvalue weighted by Gasteiger charge is -2.11. The van der Waals surface area contributed by atoms with E-state index in [1.54, 1.807) is 0 Å². The number of pyridine rings is 1. The highest BCUT2D eigenvalue weighted by molar-refractivity contribution is 6.35. The number of rotatable bonds is 5. The fraction of sp³-hybridized carbons (Fsp3) is 0.353. The van der Waals surface area contributed by atoms with Gasteiger partial charge in [-0.15, -0.1) is 0 Å². The van der Waals surface area contributed by atoms with E-state index in [1.807, 2.05) is 30.5 Å². The second kappa shape index (κ2) is 6.87. The maximum absolute atomic E-state index is 6.23. The van der Waals surface area contributed by atoms with Gasteiger partial charge in [-0.05, 0) is 24.6 Å². The Kier molecular flexibility index (Phi) is 5.16. The second-order valence-corrected chi connectivity index (χ2v) is 5.64. The molecule has 0 saturated heterocycles. The maximum atomic E-state index is 6.23. The Labute approximate surface area is 125 Å². The van der Waals surface area contributed by atoms with Crippen molar-refractivity contribution < 1.29 is 0 Å². The standard InChI is InChI=1S/C17H21ClN2/c1-4-13(11-20-12(2)3)10-14-7-8-16(18)15-6-5-9-19-17(14)15/h5-10,12,20H,4,11H2,1-3H3/b13-10-. The number of hydrogen-bond donors (Lipinski definition) is 1. The third-order valence-electron chi connectivity index (χ3n) is 3.30. The van der Waals surface area contributed by atoms with Crippen LogP contribution >= 0.6 is 11.6 Å². The first-order chi connectivity index (χ1) is 9.61. The van der Waals surface area contributed by atoms with Crippen molar-refractivity contribution in [3.05, 3.63) is 46.6 Å². The van der Waals surface area contributed by atoms with Crippen LogP contribution < -0.4 is 5.32 Å². The van der Waals surface area contributed by atoms with E-state index in [9.17, 15) is 0 Å². The van der Waals surface area contributed by atoms with Gasteiger partial charge in [0.05, 0.1) is 10.5 Å². The lowest BCUT2D eigenvalue weighted by atomic mass is 10.0. The quantitative estimate of drug-likeness (QED) is 0.864. The highest BCUT2D eigenvalue weighted by Crippen LogP contribution is 2.26. The third kappa shape index (κ3) is 3.59. The molecule has 106 valence electrons. The molecule has 1 heterocycles. The Balaban J connectivity index is 2.39. The van der Waals surface area contributed by atoms with Crippen LogP contribution in [0.5, 0.6) is 0 Å². The Morgan fingerprint density at radius 2 is 2.15 bits per heavy atom. The lowest BCUT2D eigenvalue weighted by molar-refractivity contribution is 0.617. The van der Waals surface area contributed by atoms with Gasteiger partial charge in [0, 0.05) is 29.7 Å². The summed E-state index contributed by atoms with van der Waals surface area (Å²) in [6.45, 7) is 7.41. The van der Waals surface area contributed by atoms with Crippen LogP contribution in [-0.2, 0) is 0 Å². The second-order valence-electron chi connectivity index (χ2n) is 5.23. The van der Waals surface area contributed by atoms with Crippen LogP contribution in [0, 0.1) is 0 Å². The number of fused-ring (bicyclic) bond motifs is 1. The van der Waals surface area contributed by atoms with E-state index >= 15 is 0 Å². The molecule has 1 aromatic heterocycles. The van der Waals surface area contributed by atoms with Crippen LogP contribution in [0.3, 0.4) is 0 Å². The summed E-state index contributed by atoms with van der Waals surface area (Å²) in [4.78, 5) is 4.48. The molecular weight excluding hydrogens is 268 g/mol. The van der Waals surface area contributed by atoms with E-state index in [0.717, 1.165) is 34.5 Å². The molecule has 0 atom stereocenters. The smallest absolute Gasteiger partial charge is 0.0789 e. The first-order valence-electron chi connectivity index (χ1n) is 7.08. The normalized spacial score (nSPS) is 12.3. The molecule has 2 rings (SSSR count). The molecule has 0 aliphatic heterocycles. The molecule has 0 spiro atoms. The van der Waals surface area contributed by atoms with Gasteiger partial charge in [-0.3, -0.25) is 4.98 Å². The molecule has 20 heavy (non-hydrogen) atoms. The number of nitrogens with one attached hydrogen (secondary N) is 1. The van der Waals surface area contributed by atoms with Gasteiger partial charge < -0.3 is 5.32 Å². The molecular formula is C17H21ClN2. The molecule has 0 radical (unpaired) electrons. The molecule has 1 N–H and O–H groups in total. The van der Waals surface area contributed by atoms with Gasteiger partial charge in [0.15, 0.2) is 0 Å². The molecule has 1 aromatic carbocycles. The number of nitrogens with zero attached hydrogens (tertiary/aromatic N) is 1. The fourth-order valence-corrected chi connectivity index (χ4v) is 2.32. The predicted octanol–water partition coefficient (Wildman–Crippen LogP) is 4.68. The van der Waals surface area contributed by atoms with Crippen molar-refractivity contribution in [3.63, 3.8) is 0 Å². The van der Waals surface area contributed by atoms with Crippen LogP contribution in [-0.4, -0.2) is 17.6 Å². The van der Waals surface area contributed by atoms with Crippen LogP contribution in [0.2, 0.25) is 5.02 Å². The Bertz CT molecular complexity index is 617. The summed E-state index contributed by atoms with van der Waals surface area (Å²) in [7, 11) is 0. The molecule has 0 saturated carbocycles. The Morgan fingerprint density at radius 3 is 2.85 bits per heavy atom. The van der Waals surface area contributed by atoms with E-state index in [2.05, 4.69) is 37.1 Å². The van der Waals surface area contributed by atoms with Crippen molar-refractivity contribution in [1.29, 1.82) is 0 Å². The lowest BCUT2D eigenvalue weighted by Crippen LogP contribution is -2.24. The predicted molar refractivity (Wildman–Crippen MR) is 88.2 cm³/mol. The van der Waals surface area contributed by atoms with Gasteiger partial charge in [-0.1, -0.05) is 50.1 Å². The van der Waals surface area contributed by atoms with Crippen molar-refractivity contribution in [2.75, 3.05) is 6.54 Å². The molecule has 2 nitrogen and oxygen atoms in total. The molecule has 0 aliphatic carbocycles. The van der Waals surface area contributed by atoms with Gasteiger partial charge in [-0.25, -0.2) is 0 Å². The molecule has 0 amide bonds. The zero-order chi connectivity index (χ0) is 14.5. The molecule has 0 fully saturated rings. The van der Waals surface area contributed by atoms with E-state index in [1.165, 1.54) is 5.57 Å². The summed E-state index contributed by atoms with van der Waals surface area (Å²) >= 11 is 6.23. The number of hydrogen-bond acceptors (Lipinski definition) is 2. The maximum Gasteiger partial charge on any atom is 0.0789 e. The number of halogens is 1. The van der Waals surface area contributed by atoms with Crippen molar-refractivity contribution in [1.82, 2.24) is 10.3 Å². The van der Waals surface area contributed by atoms with E-state index in [0.29, 0.717) is 6.04 Å². The number of aromatic nitrogens is 1.